The van der Waals surface area contributed by atoms with Gasteiger partial charge in [0.15, 0.2) is 0 Å². The second-order valence-electron chi connectivity index (χ2n) is 6.82. The first-order valence-electron chi connectivity index (χ1n) is 7.95. The summed E-state index contributed by atoms with van der Waals surface area (Å²) in [6.45, 7) is 7.56. The lowest BCUT2D eigenvalue weighted by Gasteiger charge is -2.42. The molecule has 1 aromatic rings. The van der Waals surface area contributed by atoms with Crippen LogP contribution in [0.4, 0.5) is 11.4 Å². The number of carbonyl (C=O) groups excluding carboxylic acids is 1. The molecule has 4 nitrogen and oxygen atoms in total. The molecule has 0 unspecified atom stereocenters. The molecule has 3 rings (SSSR count). The second kappa shape index (κ2) is 5.58. The molecule has 2 aliphatic heterocycles. The lowest BCUT2D eigenvalue weighted by atomic mass is 9.99. The minimum absolute atomic E-state index is 0.0173. The molecule has 114 valence electrons. The minimum Gasteiger partial charge on any atom is -0.377 e. The summed E-state index contributed by atoms with van der Waals surface area (Å²) in [5.74, 6) is 0.266. The molecule has 2 aliphatic rings. The largest absolute Gasteiger partial charge is 0.377 e. The van der Waals surface area contributed by atoms with Crippen LogP contribution in [0, 0.1) is 0 Å². The molecule has 1 N–H and O–H groups in total. The van der Waals surface area contributed by atoms with Gasteiger partial charge in [0.05, 0.1) is 17.9 Å². The van der Waals surface area contributed by atoms with E-state index in [9.17, 15) is 4.79 Å². The molecule has 0 bridgehead atoms. The molecular weight excluding hydrogens is 262 g/mol. The number of para-hydroxylation sites is 2. The highest BCUT2D eigenvalue weighted by molar-refractivity contribution is 5.84. The maximum atomic E-state index is 12.6. The summed E-state index contributed by atoms with van der Waals surface area (Å²) >= 11 is 0. The molecule has 1 amide bonds. The van der Waals surface area contributed by atoms with E-state index in [1.807, 2.05) is 17.0 Å². The van der Waals surface area contributed by atoms with E-state index in [-0.39, 0.29) is 11.4 Å². The molecule has 0 saturated carbocycles. The van der Waals surface area contributed by atoms with Gasteiger partial charge >= 0.3 is 0 Å². The van der Waals surface area contributed by atoms with E-state index in [1.165, 1.54) is 6.42 Å². The highest BCUT2D eigenvalue weighted by Gasteiger charge is 2.31. The van der Waals surface area contributed by atoms with Crippen molar-refractivity contribution in [2.45, 2.75) is 38.6 Å². The second-order valence-corrected chi connectivity index (χ2v) is 6.82. The zero-order chi connectivity index (χ0) is 14.9. The van der Waals surface area contributed by atoms with E-state index in [0.717, 1.165) is 43.9 Å². The fraction of sp³-hybridized carbons (Fsp3) is 0.588. The molecule has 1 saturated heterocycles. The van der Waals surface area contributed by atoms with Crippen molar-refractivity contribution in [3.63, 3.8) is 0 Å². The van der Waals surface area contributed by atoms with E-state index in [2.05, 4.69) is 36.2 Å². The average Bonchev–Trinajstić information content (AvgIpc) is 2.47. The van der Waals surface area contributed by atoms with Crippen molar-refractivity contribution in [2.24, 2.45) is 0 Å². The van der Waals surface area contributed by atoms with Crippen molar-refractivity contribution in [3.05, 3.63) is 24.3 Å². The summed E-state index contributed by atoms with van der Waals surface area (Å²) in [5.41, 5.74) is 2.25. The average molecular weight is 287 g/mol. The first-order chi connectivity index (χ1) is 10.1. The standard InChI is InChI=1S/C17H25N3O/c1-17(2)13-20(15-9-5-4-8-14(15)18-17)12-16(21)19-10-6-3-7-11-19/h4-5,8-9,18H,3,6-7,10-13H2,1-2H3. The number of likely N-dealkylation sites (tertiary alicyclic amines) is 1. The molecule has 4 heteroatoms. The zero-order valence-corrected chi connectivity index (χ0v) is 13.1. The molecule has 1 aromatic carbocycles. The maximum absolute atomic E-state index is 12.6. The lowest BCUT2D eigenvalue weighted by Crippen LogP contribution is -2.52. The molecule has 0 radical (unpaired) electrons. The number of rotatable bonds is 2. The number of nitrogens with zero attached hydrogens (tertiary/aromatic N) is 2. The van der Waals surface area contributed by atoms with Crippen molar-refractivity contribution >= 4 is 17.3 Å². The Bertz CT molecular complexity index is 521. The maximum Gasteiger partial charge on any atom is 0.242 e. The number of carbonyl (C=O) groups is 1. The van der Waals surface area contributed by atoms with Crippen LogP contribution < -0.4 is 10.2 Å². The van der Waals surface area contributed by atoms with Crippen molar-refractivity contribution in [1.29, 1.82) is 0 Å². The smallest absolute Gasteiger partial charge is 0.242 e. The van der Waals surface area contributed by atoms with Gasteiger partial charge in [0.25, 0.3) is 0 Å². The van der Waals surface area contributed by atoms with Gasteiger partial charge < -0.3 is 15.1 Å². The van der Waals surface area contributed by atoms with Gasteiger partial charge in [-0.1, -0.05) is 12.1 Å². The number of anilines is 2. The summed E-state index contributed by atoms with van der Waals surface area (Å²) in [6.07, 6.45) is 3.55. The Morgan fingerprint density at radius 3 is 2.67 bits per heavy atom. The molecule has 1 fully saturated rings. The molecular formula is C17H25N3O. The van der Waals surface area contributed by atoms with Crippen molar-refractivity contribution in [1.82, 2.24) is 4.90 Å². The highest BCUT2D eigenvalue weighted by atomic mass is 16.2. The number of hydrogen-bond donors (Lipinski definition) is 1. The molecule has 0 aliphatic carbocycles. The van der Waals surface area contributed by atoms with Gasteiger partial charge in [-0.15, -0.1) is 0 Å². The predicted molar refractivity (Wildman–Crippen MR) is 86.8 cm³/mol. The third-order valence-corrected chi connectivity index (χ3v) is 4.34. The fourth-order valence-electron chi connectivity index (χ4n) is 3.37. The normalized spacial score (nSPS) is 20.7. The van der Waals surface area contributed by atoms with Crippen LogP contribution in [-0.4, -0.2) is 42.5 Å². The number of fused-ring (bicyclic) bond motifs is 1. The third kappa shape index (κ3) is 3.14. The van der Waals surface area contributed by atoms with Crippen LogP contribution in [0.25, 0.3) is 0 Å². The number of nitrogens with one attached hydrogen (secondary N) is 1. The number of piperidine rings is 1. The van der Waals surface area contributed by atoms with E-state index in [1.54, 1.807) is 0 Å². The fourth-order valence-corrected chi connectivity index (χ4v) is 3.37. The SMILES string of the molecule is CC1(C)CN(CC(=O)N2CCCCC2)c2ccccc2N1. The number of amides is 1. The Hall–Kier alpha value is -1.71. The van der Waals surface area contributed by atoms with Crippen molar-refractivity contribution in [3.8, 4) is 0 Å². The summed E-state index contributed by atoms with van der Waals surface area (Å²) in [5, 5.41) is 3.55. The predicted octanol–water partition coefficient (Wildman–Crippen LogP) is 2.71. The Kier molecular flexibility index (Phi) is 3.79. The van der Waals surface area contributed by atoms with Crippen LogP contribution in [-0.2, 0) is 4.79 Å². The van der Waals surface area contributed by atoms with Crippen LogP contribution in [0.15, 0.2) is 24.3 Å². The Morgan fingerprint density at radius 1 is 1.19 bits per heavy atom. The minimum atomic E-state index is -0.0173. The van der Waals surface area contributed by atoms with Gasteiger partial charge in [-0.05, 0) is 45.2 Å². The molecule has 0 spiro atoms. The van der Waals surface area contributed by atoms with Gasteiger partial charge in [-0.25, -0.2) is 0 Å². The Balaban J connectivity index is 1.76. The van der Waals surface area contributed by atoms with Crippen LogP contribution in [0.3, 0.4) is 0 Å². The van der Waals surface area contributed by atoms with Crippen molar-refractivity contribution < 1.29 is 4.79 Å². The Morgan fingerprint density at radius 2 is 1.90 bits per heavy atom. The van der Waals surface area contributed by atoms with Crippen LogP contribution >= 0.6 is 0 Å². The van der Waals surface area contributed by atoms with E-state index in [0.29, 0.717) is 6.54 Å². The van der Waals surface area contributed by atoms with Gasteiger partial charge in [-0.3, -0.25) is 4.79 Å². The van der Waals surface area contributed by atoms with Crippen LogP contribution in [0.1, 0.15) is 33.1 Å². The first kappa shape index (κ1) is 14.2. The van der Waals surface area contributed by atoms with E-state index in [4.69, 9.17) is 0 Å². The Labute approximate surface area is 127 Å². The molecule has 2 heterocycles. The summed E-state index contributed by atoms with van der Waals surface area (Å²) in [6, 6.07) is 8.27. The van der Waals surface area contributed by atoms with Gasteiger partial charge in [0.2, 0.25) is 5.91 Å². The van der Waals surface area contributed by atoms with Gasteiger partial charge in [0.1, 0.15) is 0 Å². The number of hydrogen-bond acceptors (Lipinski definition) is 3. The van der Waals surface area contributed by atoms with E-state index >= 15 is 0 Å². The quantitative estimate of drug-likeness (QED) is 0.908. The third-order valence-electron chi connectivity index (χ3n) is 4.34. The highest BCUT2D eigenvalue weighted by Crippen LogP contribution is 2.34. The van der Waals surface area contributed by atoms with Crippen LogP contribution in [0.5, 0.6) is 0 Å². The van der Waals surface area contributed by atoms with E-state index < -0.39 is 0 Å². The van der Waals surface area contributed by atoms with Crippen molar-refractivity contribution in [2.75, 3.05) is 36.4 Å². The van der Waals surface area contributed by atoms with Gasteiger partial charge in [0, 0.05) is 25.2 Å². The number of benzene rings is 1. The first-order valence-corrected chi connectivity index (χ1v) is 7.95. The molecule has 0 aromatic heterocycles. The summed E-state index contributed by atoms with van der Waals surface area (Å²) in [4.78, 5) is 16.8. The monoisotopic (exact) mass is 287 g/mol. The molecule has 0 atom stereocenters. The lowest BCUT2D eigenvalue weighted by molar-refractivity contribution is -0.130. The summed E-state index contributed by atoms with van der Waals surface area (Å²) in [7, 11) is 0. The zero-order valence-electron chi connectivity index (χ0n) is 13.1. The summed E-state index contributed by atoms with van der Waals surface area (Å²) < 4.78 is 0. The van der Waals surface area contributed by atoms with Gasteiger partial charge in [-0.2, -0.15) is 0 Å². The molecule has 21 heavy (non-hydrogen) atoms. The van der Waals surface area contributed by atoms with Crippen LogP contribution in [0.2, 0.25) is 0 Å². The topological polar surface area (TPSA) is 35.6 Å².